The van der Waals surface area contributed by atoms with Gasteiger partial charge < -0.3 is 9.72 Å². The number of alkyl halides is 3. The number of H-pyrrole nitrogens is 1. The van der Waals surface area contributed by atoms with Crippen LogP contribution in [-0.4, -0.2) is 21.3 Å². The maximum absolute atomic E-state index is 12.7. The van der Waals surface area contributed by atoms with Gasteiger partial charge in [0.2, 0.25) is 0 Å². The molecule has 1 aromatic carbocycles. The van der Waals surface area contributed by atoms with Crippen molar-refractivity contribution in [3.8, 4) is 22.9 Å². The molecule has 0 saturated carbocycles. The number of benzene rings is 1. The molecule has 0 radical (unpaired) electrons. The number of aromatic amines is 1. The third-order valence-electron chi connectivity index (χ3n) is 3.87. The van der Waals surface area contributed by atoms with Crippen LogP contribution in [0.15, 0.2) is 48.8 Å². The number of pyridine rings is 2. The maximum atomic E-state index is 12.7. The molecule has 0 aliphatic heterocycles. The second-order valence-corrected chi connectivity index (χ2v) is 5.52. The number of fused-ring (bicyclic) bond motifs is 3. The van der Waals surface area contributed by atoms with Crippen LogP contribution in [0, 0.1) is 11.3 Å². The van der Waals surface area contributed by atoms with Crippen LogP contribution < -0.4 is 4.74 Å². The number of ether oxygens (including phenoxy) is 1. The lowest BCUT2D eigenvalue weighted by molar-refractivity contribution is -0.274. The van der Waals surface area contributed by atoms with Gasteiger partial charge in [0.15, 0.2) is 0 Å². The molecule has 0 atom stereocenters. The van der Waals surface area contributed by atoms with Crippen molar-refractivity contribution in [2.75, 3.05) is 0 Å². The standard InChI is InChI=1S/C18H9F3N4O/c19-18(20,21)26-16-4-2-1-3-12(16)10-5-14-13-6-11(7-22)23-9-15(13)25-17(14)24-8-10/h1-6,8-9H,(H,24,25). The first-order valence-electron chi connectivity index (χ1n) is 7.47. The second kappa shape index (κ2) is 5.74. The monoisotopic (exact) mass is 354 g/mol. The van der Waals surface area contributed by atoms with Crippen molar-refractivity contribution in [3.05, 3.63) is 54.5 Å². The van der Waals surface area contributed by atoms with E-state index in [-0.39, 0.29) is 17.0 Å². The van der Waals surface area contributed by atoms with Crippen molar-refractivity contribution in [3.63, 3.8) is 0 Å². The van der Waals surface area contributed by atoms with Crippen LogP contribution in [0.4, 0.5) is 13.2 Å². The van der Waals surface area contributed by atoms with Crippen LogP contribution in [0.3, 0.4) is 0 Å². The lowest BCUT2D eigenvalue weighted by atomic mass is 10.0. The minimum atomic E-state index is -4.79. The summed E-state index contributed by atoms with van der Waals surface area (Å²) >= 11 is 0. The number of hydrogen-bond acceptors (Lipinski definition) is 4. The Morgan fingerprint density at radius 1 is 1.04 bits per heavy atom. The zero-order valence-electron chi connectivity index (χ0n) is 13.0. The summed E-state index contributed by atoms with van der Waals surface area (Å²) in [4.78, 5) is 11.3. The predicted octanol–water partition coefficient (Wildman–Crippen LogP) is 4.55. The van der Waals surface area contributed by atoms with Crippen molar-refractivity contribution in [1.82, 2.24) is 15.0 Å². The van der Waals surface area contributed by atoms with E-state index in [9.17, 15) is 13.2 Å². The molecule has 1 N–H and O–H groups in total. The van der Waals surface area contributed by atoms with Gasteiger partial charge in [-0.2, -0.15) is 5.26 Å². The molecule has 0 fully saturated rings. The minimum absolute atomic E-state index is 0.240. The third kappa shape index (κ3) is 2.80. The van der Waals surface area contributed by atoms with Gasteiger partial charge in [-0.3, -0.25) is 0 Å². The van der Waals surface area contributed by atoms with Crippen LogP contribution in [0.1, 0.15) is 5.69 Å². The van der Waals surface area contributed by atoms with Gasteiger partial charge >= 0.3 is 6.36 Å². The van der Waals surface area contributed by atoms with E-state index in [0.717, 1.165) is 5.39 Å². The summed E-state index contributed by atoms with van der Waals surface area (Å²) in [5, 5.41) is 10.4. The van der Waals surface area contributed by atoms with Gasteiger partial charge in [-0.05, 0) is 18.2 Å². The Morgan fingerprint density at radius 2 is 1.85 bits per heavy atom. The van der Waals surface area contributed by atoms with Crippen LogP contribution in [-0.2, 0) is 0 Å². The maximum Gasteiger partial charge on any atom is 0.573 e. The average molecular weight is 354 g/mol. The van der Waals surface area contributed by atoms with Crippen LogP contribution in [0.5, 0.6) is 5.75 Å². The molecule has 0 bridgehead atoms. The molecule has 0 spiro atoms. The first-order chi connectivity index (χ1) is 12.4. The van der Waals surface area contributed by atoms with Gasteiger partial charge in [0.25, 0.3) is 0 Å². The molecule has 4 aromatic rings. The highest BCUT2D eigenvalue weighted by Crippen LogP contribution is 2.35. The molecule has 0 amide bonds. The van der Waals surface area contributed by atoms with Crippen molar-refractivity contribution in [1.29, 1.82) is 5.26 Å². The molecule has 4 rings (SSSR count). The highest BCUT2D eigenvalue weighted by Gasteiger charge is 2.32. The quantitative estimate of drug-likeness (QED) is 0.573. The molecule has 26 heavy (non-hydrogen) atoms. The fourth-order valence-corrected chi connectivity index (χ4v) is 2.80. The Kier molecular flexibility index (Phi) is 3.51. The fraction of sp³-hybridized carbons (Fsp3) is 0.0556. The molecule has 0 unspecified atom stereocenters. The summed E-state index contributed by atoms with van der Waals surface area (Å²) in [5.41, 5.74) is 2.21. The first-order valence-corrected chi connectivity index (χ1v) is 7.47. The van der Waals surface area contributed by atoms with Crippen LogP contribution >= 0.6 is 0 Å². The SMILES string of the molecule is N#Cc1cc2c(cn1)[nH]c1ncc(-c3ccccc3OC(F)(F)F)cc12. The normalized spacial score (nSPS) is 11.6. The topological polar surface area (TPSA) is 74.6 Å². The second-order valence-electron chi connectivity index (χ2n) is 5.52. The van der Waals surface area contributed by atoms with Crippen LogP contribution in [0.25, 0.3) is 33.1 Å². The third-order valence-corrected chi connectivity index (χ3v) is 3.87. The summed E-state index contributed by atoms with van der Waals surface area (Å²) in [6, 6.07) is 11.1. The molecule has 0 aliphatic carbocycles. The van der Waals surface area contributed by atoms with Crippen molar-refractivity contribution >= 4 is 21.9 Å². The Bertz CT molecular complexity index is 1170. The Hall–Kier alpha value is -3.60. The summed E-state index contributed by atoms with van der Waals surface area (Å²) in [7, 11) is 0. The Balaban J connectivity index is 1.91. The highest BCUT2D eigenvalue weighted by molar-refractivity contribution is 6.07. The number of nitriles is 1. The van der Waals surface area contributed by atoms with E-state index < -0.39 is 6.36 Å². The van der Waals surface area contributed by atoms with E-state index in [4.69, 9.17) is 5.26 Å². The van der Waals surface area contributed by atoms with E-state index in [1.54, 1.807) is 18.2 Å². The number of hydrogen-bond donors (Lipinski definition) is 1. The van der Waals surface area contributed by atoms with Gasteiger partial charge in [0.1, 0.15) is 23.2 Å². The molecule has 8 heteroatoms. The summed E-state index contributed by atoms with van der Waals surface area (Å²) in [6.45, 7) is 0. The van der Waals surface area contributed by atoms with Gasteiger partial charge in [-0.15, -0.1) is 13.2 Å². The Labute approximate surface area is 144 Å². The number of halogens is 3. The van der Waals surface area contributed by atoms with Crippen molar-refractivity contribution < 1.29 is 17.9 Å². The number of rotatable bonds is 2. The number of nitrogens with zero attached hydrogens (tertiary/aromatic N) is 3. The number of nitrogens with one attached hydrogen (secondary N) is 1. The highest BCUT2D eigenvalue weighted by atomic mass is 19.4. The van der Waals surface area contributed by atoms with E-state index in [2.05, 4.69) is 19.7 Å². The van der Waals surface area contributed by atoms with Gasteiger partial charge in [0.05, 0.1) is 11.7 Å². The van der Waals surface area contributed by atoms with E-state index in [1.807, 2.05) is 6.07 Å². The summed E-state index contributed by atoms with van der Waals surface area (Å²) in [6.07, 6.45) is -1.80. The minimum Gasteiger partial charge on any atom is -0.405 e. The molecule has 0 aliphatic rings. The fourth-order valence-electron chi connectivity index (χ4n) is 2.80. The molecule has 0 saturated heterocycles. The molecule has 3 aromatic heterocycles. The predicted molar refractivity (Wildman–Crippen MR) is 88.2 cm³/mol. The van der Waals surface area contributed by atoms with E-state index in [0.29, 0.717) is 22.1 Å². The average Bonchev–Trinajstić information content (AvgIpc) is 2.97. The van der Waals surface area contributed by atoms with Gasteiger partial charge in [-0.25, -0.2) is 9.97 Å². The van der Waals surface area contributed by atoms with Crippen molar-refractivity contribution in [2.24, 2.45) is 0 Å². The smallest absolute Gasteiger partial charge is 0.405 e. The molecular formula is C18H9F3N4O. The zero-order valence-corrected chi connectivity index (χ0v) is 13.0. The lowest BCUT2D eigenvalue weighted by Gasteiger charge is -2.13. The van der Waals surface area contributed by atoms with Gasteiger partial charge in [-0.1, -0.05) is 18.2 Å². The summed E-state index contributed by atoms with van der Waals surface area (Å²) < 4.78 is 42.1. The molecule has 3 heterocycles. The van der Waals surface area contributed by atoms with Crippen LogP contribution in [0.2, 0.25) is 0 Å². The Morgan fingerprint density at radius 3 is 2.62 bits per heavy atom. The molecular weight excluding hydrogens is 345 g/mol. The summed E-state index contributed by atoms with van der Waals surface area (Å²) in [5.74, 6) is -0.305. The number of para-hydroxylation sites is 1. The molecule has 5 nitrogen and oxygen atoms in total. The largest absolute Gasteiger partial charge is 0.573 e. The zero-order chi connectivity index (χ0) is 18.3. The van der Waals surface area contributed by atoms with Crippen molar-refractivity contribution in [2.45, 2.75) is 6.36 Å². The van der Waals surface area contributed by atoms with E-state index in [1.165, 1.54) is 30.6 Å². The lowest BCUT2D eigenvalue weighted by Crippen LogP contribution is -2.17. The first kappa shape index (κ1) is 15.9. The number of aromatic nitrogens is 3. The van der Waals surface area contributed by atoms with Gasteiger partial charge in [0, 0.05) is 28.1 Å². The van der Waals surface area contributed by atoms with E-state index >= 15 is 0 Å². The molecule has 128 valence electrons.